The molecule has 4 nitrogen and oxygen atoms in total. The smallest absolute Gasteiger partial charge is 0.407 e. The van der Waals surface area contributed by atoms with E-state index < -0.39 is 0 Å². The van der Waals surface area contributed by atoms with Crippen molar-refractivity contribution in [2.45, 2.75) is 13.0 Å². The van der Waals surface area contributed by atoms with Crippen LogP contribution >= 0.6 is 0 Å². The van der Waals surface area contributed by atoms with Crippen LogP contribution in [0.4, 0.5) is 4.79 Å². The van der Waals surface area contributed by atoms with Crippen LogP contribution in [0.2, 0.25) is 0 Å². The summed E-state index contributed by atoms with van der Waals surface area (Å²) in [5.74, 6) is 0. The first-order valence-corrected chi connectivity index (χ1v) is 7.99. The largest absolute Gasteiger partial charge is 0.445 e. The van der Waals surface area contributed by atoms with Crippen LogP contribution in [0.15, 0.2) is 66.9 Å². The van der Waals surface area contributed by atoms with Gasteiger partial charge in [-0.15, -0.1) is 0 Å². The van der Waals surface area contributed by atoms with Crippen LogP contribution in [0.3, 0.4) is 0 Å². The van der Waals surface area contributed by atoms with Gasteiger partial charge in [-0.25, -0.2) is 4.79 Å². The van der Waals surface area contributed by atoms with Crippen LogP contribution in [0.5, 0.6) is 0 Å². The van der Waals surface area contributed by atoms with Crippen molar-refractivity contribution < 1.29 is 9.53 Å². The number of alkyl carbamates (subject to hydrolysis) is 1. The number of aromatic amines is 1. The molecule has 24 heavy (non-hydrogen) atoms. The zero-order chi connectivity index (χ0) is 16.6. The van der Waals surface area contributed by atoms with E-state index in [-0.39, 0.29) is 6.09 Å². The van der Waals surface area contributed by atoms with Crippen molar-refractivity contribution in [2.75, 3.05) is 6.54 Å². The van der Waals surface area contributed by atoms with Crippen molar-refractivity contribution in [3.05, 3.63) is 78.0 Å². The van der Waals surface area contributed by atoms with E-state index in [1.807, 2.05) is 48.7 Å². The first-order chi connectivity index (χ1) is 11.8. The molecule has 2 N–H and O–H groups in total. The Hall–Kier alpha value is -3.01. The van der Waals surface area contributed by atoms with Gasteiger partial charge >= 0.3 is 6.09 Å². The molecule has 1 aromatic heterocycles. The number of fused-ring (bicyclic) bond motifs is 1. The number of hydrogen-bond acceptors (Lipinski definition) is 2. The van der Waals surface area contributed by atoms with Gasteiger partial charge in [0.2, 0.25) is 0 Å². The van der Waals surface area contributed by atoms with Crippen LogP contribution in [0.25, 0.3) is 17.0 Å². The van der Waals surface area contributed by atoms with Gasteiger partial charge in [0, 0.05) is 18.3 Å². The molecule has 0 bridgehead atoms. The van der Waals surface area contributed by atoms with Crippen LogP contribution in [0.1, 0.15) is 17.5 Å². The molecule has 0 saturated carbocycles. The number of ether oxygens (including phenoxy) is 1. The highest BCUT2D eigenvalue weighted by Gasteiger charge is 2.00. The second-order valence-electron chi connectivity index (χ2n) is 5.50. The number of amides is 1. The topological polar surface area (TPSA) is 54.1 Å². The Bertz CT molecular complexity index is 822. The fourth-order valence-corrected chi connectivity index (χ4v) is 2.42. The molecular formula is C20H20N2O2. The number of rotatable bonds is 6. The van der Waals surface area contributed by atoms with E-state index in [0.29, 0.717) is 13.2 Å². The Balaban J connectivity index is 1.37. The molecule has 0 saturated heterocycles. The van der Waals surface area contributed by atoms with Crippen molar-refractivity contribution >= 4 is 23.1 Å². The summed E-state index contributed by atoms with van der Waals surface area (Å²) < 4.78 is 5.15. The molecular weight excluding hydrogens is 300 g/mol. The van der Waals surface area contributed by atoms with Crippen LogP contribution in [-0.2, 0) is 11.3 Å². The summed E-state index contributed by atoms with van der Waals surface area (Å²) in [6.07, 6.45) is 6.39. The second-order valence-corrected chi connectivity index (χ2v) is 5.50. The van der Waals surface area contributed by atoms with Crippen LogP contribution in [0, 0.1) is 0 Å². The van der Waals surface area contributed by atoms with Gasteiger partial charge in [0.25, 0.3) is 0 Å². The zero-order valence-electron chi connectivity index (χ0n) is 13.4. The maximum absolute atomic E-state index is 11.6. The summed E-state index contributed by atoms with van der Waals surface area (Å²) in [7, 11) is 0. The number of benzene rings is 2. The molecule has 0 atom stereocenters. The molecule has 0 fully saturated rings. The third-order valence-corrected chi connectivity index (χ3v) is 3.68. The quantitative estimate of drug-likeness (QED) is 0.657. The molecule has 3 aromatic rings. The van der Waals surface area contributed by atoms with E-state index in [9.17, 15) is 4.79 Å². The Labute approximate surface area is 141 Å². The minimum Gasteiger partial charge on any atom is -0.445 e. The van der Waals surface area contributed by atoms with Crippen LogP contribution < -0.4 is 5.32 Å². The van der Waals surface area contributed by atoms with Gasteiger partial charge in [-0.05, 0) is 35.1 Å². The molecule has 122 valence electrons. The van der Waals surface area contributed by atoms with Gasteiger partial charge in [-0.1, -0.05) is 54.6 Å². The average Bonchev–Trinajstić information content (AvgIpc) is 3.08. The number of aromatic nitrogens is 1. The number of carbonyl (C=O) groups excluding carboxylic acids is 1. The molecule has 0 aliphatic rings. The summed E-state index contributed by atoms with van der Waals surface area (Å²) in [4.78, 5) is 14.8. The molecule has 2 aromatic carbocycles. The van der Waals surface area contributed by atoms with Gasteiger partial charge in [0.1, 0.15) is 6.61 Å². The van der Waals surface area contributed by atoms with Gasteiger partial charge in [0.15, 0.2) is 0 Å². The third kappa shape index (κ3) is 4.49. The van der Waals surface area contributed by atoms with E-state index in [2.05, 4.69) is 34.6 Å². The minimum absolute atomic E-state index is 0.290. The highest BCUT2D eigenvalue weighted by molar-refractivity contribution is 5.81. The molecule has 0 spiro atoms. The molecule has 1 amide bonds. The molecule has 3 rings (SSSR count). The highest BCUT2D eigenvalue weighted by atomic mass is 16.5. The third-order valence-electron chi connectivity index (χ3n) is 3.68. The summed E-state index contributed by atoms with van der Waals surface area (Å²) in [6.45, 7) is 0.841. The van der Waals surface area contributed by atoms with E-state index in [4.69, 9.17) is 4.74 Å². The maximum Gasteiger partial charge on any atom is 0.407 e. The Morgan fingerprint density at radius 3 is 2.88 bits per heavy atom. The molecule has 0 aliphatic heterocycles. The Morgan fingerprint density at radius 2 is 2.00 bits per heavy atom. The van der Waals surface area contributed by atoms with E-state index >= 15 is 0 Å². The van der Waals surface area contributed by atoms with E-state index in [0.717, 1.165) is 23.1 Å². The van der Waals surface area contributed by atoms with Gasteiger partial charge in [-0.3, -0.25) is 0 Å². The van der Waals surface area contributed by atoms with Crippen molar-refractivity contribution in [2.24, 2.45) is 0 Å². The van der Waals surface area contributed by atoms with Gasteiger partial charge < -0.3 is 15.0 Å². The predicted octanol–water partition coefficient (Wildman–Crippen LogP) is 4.50. The van der Waals surface area contributed by atoms with Crippen molar-refractivity contribution in [3.8, 4) is 0 Å². The minimum atomic E-state index is -0.389. The first-order valence-electron chi connectivity index (χ1n) is 7.99. The lowest BCUT2D eigenvalue weighted by Crippen LogP contribution is -2.24. The SMILES string of the molecule is O=C(NCCC=Cc1ccc2cc[nH]c2c1)OCc1ccccc1. The van der Waals surface area contributed by atoms with E-state index in [1.54, 1.807) is 0 Å². The molecule has 0 radical (unpaired) electrons. The number of hydrogen-bond donors (Lipinski definition) is 2. The van der Waals surface area contributed by atoms with Gasteiger partial charge in [-0.2, -0.15) is 0 Å². The monoisotopic (exact) mass is 320 g/mol. The number of H-pyrrole nitrogens is 1. The second kappa shape index (κ2) is 8.02. The zero-order valence-corrected chi connectivity index (χ0v) is 13.4. The first kappa shape index (κ1) is 15.9. The lowest BCUT2D eigenvalue weighted by Gasteiger charge is -2.05. The summed E-state index contributed by atoms with van der Waals surface area (Å²) in [5, 5.41) is 3.95. The number of nitrogens with one attached hydrogen (secondary N) is 2. The van der Waals surface area contributed by atoms with Crippen molar-refractivity contribution in [1.29, 1.82) is 0 Å². The lowest BCUT2D eigenvalue weighted by molar-refractivity contribution is 0.140. The molecule has 1 heterocycles. The summed E-state index contributed by atoms with van der Waals surface area (Å²) in [6, 6.07) is 18.0. The van der Waals surface area contributed by atoms with Crippen LogP contribution in [-0.4, -0.2) is 17.6 Å². The maximum atomic E-state index is 11.6. The lowest BCUT2D eigenvalue weighted by atomic mass is 10.1. The highest BCUT2D eigenvalue weighted by Crippen LogP contribution is 2.15. The predicted molar refractivity (Wildman–Crippen MR) is 96.6 cm³/mol. The van der Waals surface area contributed by atoms with Crippen molar-refractivity contribution in [3.63, 3.8) is 0 Å². The molecule has 0 aliphatic carbocycles. The molecule has 0 unspecified atom stereocenters. The molecule has 4 heteroatoms. The summed E-state index contributed by atoms with van der Waals surface area (Å²) >= 11 is 0. The Morgan fingerprint density at radius 1 is 1.12 bits per heavy atom. The standard InChI is InChI=1S/C20H20N2O2/c23-20(24-15-17-7-2-1-3-8-17)22-12-5-4-6-16-9-10-18-11-13-21-19(18)14-16/h1-4,6-11,13-14,21H,5,12,15H2,(H,22,23). The number of carbonyl (C=O) groups is 1. The normalized spacial score (nSPS) is 11.0. The Kier molecular flexibility index (Phi) is 5.30. The fourth-order valence-electron chi connectivity index (χ4n) is 2.42. The average molecular weight is 320 g/mol. The van der Waals surface area contributed by atoms with Gasteiger partial charge in [0.05, 0.1) is 0 Å². The summed E-state index contributed by atoms with van der Waals surface area (Å²) in [5.41, 5.74) is 3.24. The van der Waals surface area contributed by atoms with Crippen molar-refractivity contribution in [1.82, 2.24) is 10.3 Å². The van der Waals surface area contributed by atoms with E-state index in [1.165, 1.54) is 5.39 Å². The fraction of sp³-hybridized carbons (Fsp3) is 0.150.